The first-order valence-electron chi connectivity index (χ1n) is 11.8. The molecule has 7 nitrogen and oxygen atoms in total. The molecule has 1 aliphatic rings. The standard InChI is InChI=1S/C25H33ClN4O3S/c1-19-18-30(14-12-27-19)13-3-15-33-22-6-8-23(9-7-22)34(31,32)29-11-2-4-20-17-28-25-10-5-21(26)16-24(20)25/h5-10,16-17,19,27-29H,2-4,11-15,18H2,1H3. The van der Waals surface area contributed by atoms with Crippen LogP contribution in [0.2, 0.25) is 5.02 Å². The highest BCUT2D eigenvalue weighted by atomic mass is 35.5. The highest BCUT2D eigenvalue weighted by Gasteiger charge is 2.15. The number of nitrogens with one attached hydrogen (secondary N) is 3. The van der Waals surface area contributed by atoms with Gasteiger partial charge in [-0.2, -0.15) is 0 Å². The van der Waals surface area contributed by atoms with Crippen molar-refractivity contribution in [2.24, 2.45) is 0 Å². The first kappa shape index (κ1) is 25.0. The van der Waals surface area contributed by atoms with E-state index >= 15 is 0 Å². The first-order chi connectivity index (χ1) is 16.4. The minimum Gasteiger partial charge on any atom is -0.494 e. The first-order valence-corrected chi connectivity index (χ1v) is 13.7. The van der Waals surface area contributed by atoms with Gasteiger partial charge in [-0.05, 0) is 74.2 Å². The summed E-state index contributed by atoms with van der Waals surface area (Å²) in [6.45, 7) is 7.35. The Morgan fingerprint density at radius 1 is 1.18 bits per heavy atom. The third-order valence-electron chi connectivity index (χ3n) is 6.12. The number of halogens is 1. The van der Waals surface area contributed by atoms with Crippen molar-refractivity contribution in [2.75, 3.05) is 39.3 Å². The molecule has 4 rings (SSSR count). The second kappa shape index (κ2) is 11.6. The third kappa shape index (κ3) is 6.73. The highest BCUT2D eigenvalue weighted by molar-refractivity contribution is 7.89. The van der Waals surface area contributed by atoms with E-state index in [4.69, 9.17) is 16.3 Å². The highest BCUT2D eigenvalue weighted by Crippen LogP contribution is 2.23. The number of rotatable bonds is 11. The molecule has 2 aromatic carbocycles. The van der Waals surface area contributed by atoms with Crippen LogP contribution >= 0.6 is 11.6 Å². The van der Waals surface area contributed by atoms with Crippen molar-refractivity contribution in [3.8, 4) is 5.75 Å². The number of benzene rings is 2. The van der Waals surface area contributed by atoms with Crippen molar-refractivity contribution < 1.29 is 13.2 Å². The number of H-pyrrole nitrogens is 1. The van der Waals surface area contributed by atoms with Crippen LogP contribution in [0.15, 0.2) is 53.6 Å². The van der Waals surface area contributed by atoms with Crippen LogP contribution in [0.25, 0.3) is 10.9 Å². The van der Waals surface area contributed by atoms with Crippen molar-refractivity contribution in [2.45, 2.75) is 37.1 Å². The van der Waals surface area contributed by atoms with Crippen molar-refractivity contribution >= 4 is 32.5 Å². The fourth-order valence-electron chi connectivity index (χ4n) is 4.33. The van der Waals surface area contributed by atoms with Gasteiger partial charge in [-0.1, -0.05) is 11.6 Å². The van der Waals surface area contributed by atoms with E-state index in [2.05, 4.69) is 26.8 Å². The van der Waals surface area contributed by atoms with Crippen molar-refractivity contribution in [3.05, 3.63) is 59.2 Å². The smallest absolute Gasteiger partial charge is 0.240 e. The van der Waals surface area contributed by atoms with E-state index in [1.807, 2.05) is 24.4 Å². The Morgan fingerprint density at radius 3 is 2.79 bits per heavy atom. The van der Waals surface area contributed by atoms with Gasteiger partial charge in [0.05, 0.1) is 11.5 Å². The lowest BCUT2D eigenvalue weighted by Gasteiger charge is -2.31. The van der Waals surface area contributed by atoms with Gasteiger partial charge in [0.2, 0.25) is 10.0 Å². The topological polar surface area (TPSA) is 86.5 Å². The molecule has 1 aromatic heterocycles. The van der Waals surface area contributed by atoms with E-state index in [9.17, 15) is 8.42 Å². The normalized spacial score (nSPS) is 17.3. The summed E-state index contributed by atoms with van der Waals surface area (Å²) in [5.41, 5.74) is 2.16. The second-order valence-electron chi connectivity index (χ2n) is 8.83. The molecule has 1 saturated heterocycles. The van der Waals surface area contributed by atoms with E-state index in [0.29, 0.717) is 36.4 Å². The molecule has 1 aliphatic heterocycles. The van der Waals surface area contributed by atoms with Gasteiger partial charge in [0.15, 0.2) is 0 Å². The zero-order chi connectivity index (χ0) is 24.0. The molecular weight excluding hydrogens is 472 g/mol. The minimum atomic E-state index is -3.56. The van der Waals surface area contributed by atoms with E-state index < -0.39 is 10.0 Å². The molecule has 1 unspecified atom stereocenters. The largest absolute Gasteiger partial charge is 0.494 e. The van der Waals surface area contributed by atoms with Crippen LogP contribution in [0, 0.1) is 0 Å². The molecule has 0 aliphatic carbocycles. The fraction of sp³-hybridized carbons (Fsp3) is 0.440. The van der Waals surface area contributed by atoms with Crippen molar-refractivity contribution in [1.82, 2.24) is 19.9 Å². The van der Waals surface area contributed by atoms with Crippen LogP contribution in [-0.2, 0) is 16.4 Å². The zero-order valence-electron chi connectivity index (χ0n) is 19.5. The number of ether oxygens (including phenoxy) is 1. The van der Waals surface area contributed by atoms with E-state index in [-0.39, 0.29) is 4.90 Å². The predicted octanol–water partition coefficient (Wildman–Crippen LogP) is 3.80. The van der Waals surface area contributed by atoms with Gasteiger partial charge in [0, 0.05) is 60.9 Å². The van der Waals surface area contributed by atoms with Crippen LogP contribution in [0.4, 0.5) is 0 Å². The van der Waals surface area contributed by atoms with Gasteiger partial charge in [-0.15, -0.1) is 0 Å². The molecule has 3 aromatic rings. The number of aromatic amines is 1. The minimum absolute atomic E-state index is 0.244. The lowest BCUT2D eigenvalue weighted by atomic mass is 10.1. The Hall–Kier alpha value is -2.10. The quantitative estimate of drug-likeness (QED) is 0.346. The predicted molar refractivity (Wildman–Crippen MR) is 137 cm³/mol. The average Bonchev–Trinajstić information content (AvgIpc) is 3.22. The lowest BCUT2D eigenvalue weighted by molar-refractivity contribution is 0.189. The van der Waals surface area contributed by atoms with E-state index in [0.717, 1.165) is 55.5 Å². The maximum absolute atomic E-state index is 12.6. The molecule has 0 bridgehead atoms. The summed E-state index contributed by atoms with van der Waals surface area (Å²) in [4.78, 5) is 5.91. The molecule has 0 saturated carbocycles. The molecule has 3 N–H and O–H groups in total. The van der Waals surface area contributed by atoms with E-state index in [1.165, 1.54) is 0 Å². The molecule has 0 spiro atoms. The number of fused-ring (bicyclic) bond motifs is 1. The second-order valence-corrected chi connectivity index (χ2v) is 11.0. The molecule has 34 heavy (non-hydrogen) atoms. The monoisotopic (exact) mass is 504 g/mol. The maximum atomic E-state index is 12.6. The molecule has 0 amide bonds. The van der Waals surface area contributed by atoms with Gasteiger partial charge >= 0.3 is 0 Å². The lowest BCUT2D eigenvalue weighted by Crippen LogP contribution is -2.49. The number of sulfonamides is 1. The number of aromatic nitrogens is 1. The van der Waals surface area contributed by atoms with Crippen molar-refractivity contribution in [3.63, 3.8) is 0 Å². The van der Waals surface area contributed by atoms with Crippen LogP contribution in [0.3, 0.4) is 0 Å². The number of nitrogens with zero attached hydrogens (tertiary/aromatic N) is 1. The Kier molecular flexibility index (Phi) is 8.50. The number of aryl methyl sites for hydroxylation is 1. The molecule has 9 heteroatoms. The van der Waals surface area contributed by atoms with Crippen LogP contribution in [0.1, 0.15) is 25.3 Å². The SMILES string of the molecule is CC1CN(CCCOc2ccc(S(=O)(=O)NCCCc3c[nH]c4ccc(Cl)cc34)cc2)CCN1. The third-order valence-corrected chi connectivity index (χ3v) is 7.83. The van der Waals surface area contributed by atoms with Crippen LogP contribution in [-0.4, -0.2) is 63.7 Å². The maximum Gasteiger partial charge on any atom is 0.240 e. The van der Waals surface area contributed by atoms with Gasteiger partial charge in [0.1, 0.15) is 5.75 Å². The molecule has 2 heterocycles. The van der Waals surface area contributed by atoms with Gasteiger partial charge in [-0.25, -0.2) is 13.1 Å². The molecule has 1 fully saturated rings. The van der Waals surface area contributed by atoms with Gasteiger partial charge < -0.3 is 19.9 Å². The summed E-state index contributed by atoms with van der Waals surface area (Å²) in [7, 11) is -3.56. The molecule has 0 radical (unpaired) electrons. The Balaban J connectivity index is 1.19. The number of piperazine rings is 1. The Bertz CT molecular complexity index is 1180. The average molecular weight is 505 g/mol. The van der Waals surface area contributed by atoms with E-state index in [1.54, 1.807) is 24.3 Å². The zero-order valence-corrected chi connectivity index (χ0v) is 21.1. The van der Waals surface area contributed by atoms with Crippen molar-refractivity contribution in [1.29, 1.82) is 0 Å². The fourth-order valence-corrected chi connectivity index (χ4v) is 5.58. The summed E-state index contributed by atoms with van der Waals surface area (Å²) in [5.74, 6) is 0.686. The Morgan fingerprint density at radius 2 is 2.00 bits per heavy atom. The number of hydrogen-bond acceptors (Lipinski definition) is 5. The van der Waals surface area contributed by atoms with Crippen LogP contribution < -0.4 is 14.8 Å². The summed E-state index contributed by atoms with van der Waals surface area (Å²) in [6.07, 6.45) is 4.34. The Labute approximate surface area is 206 Å². The number of hydrogen-bond donors (Lipinski definition) is 3. The molecular formula is C25H33ClN4O3S. The molecule has 184 valence electrons. The summed E-state index contributed by atoms with van der Waals surface area (Å²) in [5, 5.41) is 5.21. The van der Waals surface area contributed by atoms with Gasteiger partial charge in [0.25, 0.3) is 0 Å². The summed E-state index contributed by atoms with van der Waals surface area (Å²) in [6, 6.07) is 12.9. The molecule has 1 atom stereocenters. The van der Waals surface area contributed by atoms with Crippen LogP contribution in [0.5, 0.6) is 5.75 Å². The van der Waals surface area contributed by atoms with Gasteiger partial charge in [-0.3, -0.25) is 0 Å². The summed E-state index contributed by atoms with van der Waals surface area (Å²) < 4.78 is 33.8. The summed E-state index contributed by atoms with van der Waals surface area (Å²) >= 11 is 6.10.